The van der Waals surface area contributed by atoms with Gasteiger partial charge in [0.25, 0.3) is 0 Å². The maximum absolute atomic E-state index is 12.4. The number of carbonyl (C=O) groups excluding carboxylic acids is 1. The highest BCUT2D eigenvalue weighted by Crippen LogP contribution is 2.19. The van der Waals surface area contributed by atoms with Crippen LogP contribution in [0.5, 0.6) is 0 Å². The molecule has 0 N–H and O–H groups in total. The lowest BCUT2D eigenvalue weighted by atomic mass is 10.1. The Kier molecular flexibility index (Phi) is 6.66. The van der Waals surface area contributed by atoms with Gasteiger partial charge in [0.1, 0.15) is 0 Å². The molecular formula is C18H28N2O3S. The van der Waals surface area contributed by atoms with Crippen molar-refractivity contribution >= 4 is 21.6 Å². The Morgan fingerprint density at radius 3 is 2.17 bits per heavy atom. The van der Waals surface area contributed by atoms with Gasteiger partial charge in [-0.2, -0.15) is 0 Å². The van der Waals surface area contributed by atoms with Crippen LogP contribution in [0.3, 0.4) is 0 Å². The number of likely N-dealkylation sites (tertiary alicyclic amines) is 1. The molecule has 0 radical (unpaired) electrons. The quantitative estimate of drug-likeness (QED) is 0.791. The van der Waals surface area contributed by atoms with Crippen LogP contribution < -0.4 is 4.31 Å². The highest BCUT2D eigenvalue weighted by Gasteiger charge is 2.21. The highest BCUT2D eigenvalue weighted by atomic mass is 32.2. The van der Waals surface area contributed by atoms with E-state index in [0.717, 1.165) is 37.9 Å². The zero-order valence-electron chi connectivity index (χ0n) is 14.7. The molecule has 0 bridgehead atoms. The van der Waals surface area contributed by atoms with Crippen molar-refractivity contribution in [2.45, 2.75) is 45.4 Å². The van der Waals surface area contributed by atoms with Gasteiger partial charge in [-0.3, -0.25) is 9.10 Å². The fourth-order valence-electron chi connectivity index (χ4n) is 3.06. The summed E-state index contributed by atoms with van der Waals surface area (Å²) in [5.74, 6) is 0.0516. The molecule has 0 spiro atoms. The summed E-state index contributed by atoms with van der Waals surface area (Å²) in [7, 11) is -3.41. The van der Waals surface area contributed by atoms with Crippen molar-refractivity contribution in [1.29, 1.82) is 0 Å². The molecule has 1 aliphatic heterocycles. The molecule has 5 nitrogen and oxygen atoms in total. The van der Waals surface area contributed by atoms with E-state index in [1.165, 1.54) is 23.4 Å². The normalized spacial score (nSPS) is 15.8. The number of sulfonamides is 1. The third kappa shape index (κ3) is 5.23. The summed E-state index contributed by atoms with van der Waals surface area (Å²) in [5, 5.41) is 0. The minimum atomic E-state index is -3.41. The molecule has 1 aromatic rings. The van der Waals surface area contributed by atoms with Crippen LogP contribution in [-0.2, 0) is 21.2 Å². The van der Waals surface area contributed by atoms with Gasteiger partial charge in [0.2, 0.25) is 15.9 Å². The first-order valence-electron chi connectivity index (χ1n) is 8.76. The number of benzene rings is 1. The molecule has 0 aliphatic carbocycles. The van der Waals surface area contributed by atoms with E-state index >= 15 is 0 Å². The van der Waals surface area contributed by atoms with Crippen molar-refractivity contribution in [3.8, 4) is 0 Å². The van der Waals surface area contributed by atoms with Gasteiger partial charge in [0.15, 0.2) is 0 Å². The molecule has 1 heterocycles. The van der Waals surface area contributed by atoms with Crippen LogP contribution in [0.4, 0.5) is 5.69 Å². The number of amides is 1. The summed E-state index contributed by atoms with van der Waals surface area (Å²) in [5.41, 5.74) is 1.78. The zero-order chi connectivity index (χ0) is 17.6. The van der Waals surface area contributed by atoms with Crippen molar-refractivity contribution in [2.75, 3.05) is 30.2 Å². The van der Waals surface area contributed by atoms with Crippen molar-refractivity contribution in [1.82, 2.24) is 4.90 Å². The summed E-state index contributed by atoms with van der Waals surface area (Å²) in [6.45, 7) is 3.84. The molecule has 24 heavy (non-hydrogen) atoms. The minimum Gasteiger partial charge on any atom is -0.343 e. The number of aryl methyl sites for hydroxylation is 1. The molecule has 0 atom stereocenters. The summed E-state index contributed by atoms with van der Waals surface area (Å²) >= 11 is 0. The molecule has 2 rings (SSSR count). The third-order valence-electron chi connectivity index (χ3n) is 4.52. The average molecular weight is 352 g/mol. The minimum absolute atomic E-state index is 0.0516. The zero-order valence-corrected chi connectivity index (χ0v) is 15.5. The van der Waals surface area contributed by atoms with Crippen LogP contribution in [-0.4, -0.2) is 45.1 Å². The Morgan fingerprint density at radius 2 is 1.67 bits per heavy atom. The number of anilines is 1. The van der Waals surface area contributed by atoms with Gasteiger partial charge in [-0.1, -0.05) is 31.9 Å². The smallest absolute Gasteiger partial charge is 0.232 e. The van der Waals surface area contributed by atoms with E-state index < -0.39 is 10.0 Å². The number of nitrogens with zero attached hydrogens (tertiary/aromatic N) is 2. The van der Waals surface area contributed by atoms with E-state index in [1.807, 2.05) is 29.2 Å². The lowest BCUT2D eigenvalue weighted by Gasteiger charge is -2.25. The SMILES string of the molecule is CCc1ccc(N(CCC(=O)N2CCCCCC2)S(C)(=O)=O)cc1. The second-order valence-electron chi connectivity index (χ2n) is 6.40. The van der Waals surface area contributed by atoms with E-state index in [1.54, 1.807) is 0 Å². The molecular weight excluding hydrogens is 324 g/mol. The predicted molar refractivity (Wildman–Crippen MR) is 97.7 cm³/mol. The first-order valence-corrected chi connectivity index (χ1v) is 10.6. The Labute approximate surface area is 145 Å². The molecule has 0 saturated carbocycles. The van der Waals surface area contributed by atoms with Crippen molar-refractivity contribution in [2.24, 2.45) is 0 Å². The standard InChI is InChI=1S/C18H28N2O3S/c1-3-16-8-10-17(11-9-16)20(24(2,22)23)15-12-18(21)19-13-6-4-5-7-14-19/h8-11H,3-7,12-15H2,1-2H3. The second kappa shape index (κ2) is 8.51. The largest absolute Gasteiger partial charge is 0.343 e. The first kappa shape index (κ1) is 18.8. The van der Waals surface area contributed by atoms with Crippen LogP contribution in [0.2, 0.25) is 0 Å². The van der Waals surface area contributed by atoms with Crippen LogP contribution in [0.25, 0.3) is 0 Å². The van der Waals surface area contributed by atoms with Crippen molar-refractivity contribution in [3.05, 3.63) is 29.8 Å². The highest BCUT2D eigenvalue weighted by molar-refractivity contribution is 7.92. The van der Waals surface area contributed by atoms with Gasteiger partial charge in [-0.15, -0.1) is 0 Å². The molecule has 134 valence electrons. The molecule has 6 heteroatoms. The predicted octanol–water partition coefficient (Wildman–Crippen LogP) is 2.81. The van der Waals surface area contributed by atoms with Gasteiger partial charge < -0.3 is 4.90 Å². The van der Waals surface area contributed by atoms with E-state index in [2.05, 4.69) is 6.92 Å². The van der Waals surface area contributed by atoms with Crippen LogP contribution >= 0.6 is 0 Å². The second-order valence-corrected chi connectivity index (χ2v) is 8.31. The van der Waals surface area contributed by atoms with Gasteiger partial charge in [-0.25, -0.2) is 8.42 Å². The molecule has 0 unspecified atom stereocenters. The Bertz CT molecular complexity index is 633. The lowest BCUT2D eigenvalue weighted by Crippen LogP contribution is -2.37. The maximum Gasteiger partial charge on any atom is 0.232 e. The summed E-state index contributed by atoms with van der Waals surface area (Å²) in [4.78, 5) is 14.3. The summed E-state index contributed by atoms with van der Waals surface area (Å²) < 4.78 is 25.6. The average Bonchev–Trinajstić information content (AvgIpc) is 2.83. The van der Waals surface area contributed by atoms with E-state index in [0.29, 0.717) is 5.69 Å². The Balaban J connectivity index is 2.04. The first-order chi connectivity index (χ1) is 11.4. The third-order valence-corrected chi connectivity index (χ3v) is 5.71. The van der Waals surface area contributed by atoms with Crippen LogP contribution in [0.15, 0.2) is 24.3 Å². The van der Waals surface area contributed by atoms with E-state index in [-0.39, 0.29) is 18.9 Å². The van der Waals surface area contributed by atoms with Gasteiger partial charge in [0.05, 0.1) is 11.9 Å². The molecule has 1 aromatic carbocycles. The van der Waals surface area contributed by atoms with Crippen molar-refractivity contribution < 1.29 is 13.2 Å². The van der Waals surface area contributed by atoms with Crippen LogP contribution in [0.1, 0.15) is 44.6 Å². The molecule has 1 aliphatic rings. The van der Waals surface area contributed by atoms with Gasteiger partial charge >= 0.3 is 0 Å². The Morgan fingerprint density at radius 1 is 1.08 bits per heavy atom. The van der Waals surface area contributed by atoms with Crippen LogP contribution in [0, 0.1) is 0 Å². The number of hydrogen-bond donors (Lipinski definition) is 0. The Hall–Kier alpha value is -1.56. The van der Waals surface area contributed by atoms with Crippen molar-refractivity contribution in [3.63, 3.8) is 0 Å². The van der Waals surface area contributed by atoms with E-state index in [9.17, 15) is 13.2 Å². The maximum atomic E-state index is 12.4. The fraction of sp³-hybridized carbons (Fsp3) is 0.611. The number of carbonyl (C=O) groups is 1. The summed E-state index contributed by atoms with van der Waals surface area (Å²) in [6.07, 6.45) is 6.75. The van der Waals surface area contributed by atoms with Gasteiger partial charge in [-0.05, 0) is 37.0 Å². The monoisotopic (exact) mass is 352 g/mol. The topological polar surface area (TPSA) is 57.7 Å². The molecule has 1 amide bonds. The molecule has 1 saturated heterocycles. The fourth-order valence-corrected chi connectivity index (χ4v) is 3.99. The number of rotatable bonds is 6. The van der Waals surface area contributed by atoms with E-state index in [4.69, 9.17) is 0 Å². The lowest BCUT2D eigenvalue weighted by molar-refractivity contribution is -0.130. The summed E-state index contributed by atoms with van der Waals surface area (Å²) in [6, 6.07) is 7.50. The number of hydrogen-bond acceptors (Lipinski definition) is 3. The van der Waals surface area contributed by atoms with Gasteiger partial charge in [0, 0.05) is 26.1 Å². The molecule has 1 fully saturated rings. The molecule has 0 aromatic heterocycles.